The summed E-state index contributed by atoms with van der Waals surface area (Å²) in [5.74, 6) is 1.00. The van der Waals surface area contributed by atoms with Gasteiger partial charge in [0.05, 0.1) is 7.27 Å². The number of halogens is 1. The SMILES string of the molecule is CC(C)c1ccccc1P(Cl)c1ccccc1C(C)C. The van der Waals surface area contributed by atoms with E-state index < -0.39 is 7.27 Å². The van der Waals surface area contributed by atoms with Gasteiger partial charge >= 0.3 is 0 Å². The Kier molecular flexibility index (Phi) is 5.24. The van der Waals surface area contributed by atoms with Crippen LogP contribution in [0, 0.1) is 0 Å². The van der Waals surface area contributed by atoms with Crippen LogP contribution in [0.5, 0.6) is 0 Å². The standard InChI is InChI=1S/C18H22ClP/c1-13(2)15-9-5-7-11-17(15)20(19)18-12-8-6-10-16(18)14(3)4/h5-14H,1-4H3. The smallest absolute Gasteiger partial charge is 0.0530 e. The zero-order chi connectivity index (χ0) is 14.7. The number of hydrogen-bond donors (Lipinski definition) is 0. The minimum Gasteiger partial charge on any atom is -0.0858 e. The Labute approximate surface area is 128 Å². The Bertz CT molecular complexity index is 524. The minimum atomic E-state index is -0.805. The van der Waals surface area contributed by atoms with E-state index >= 15 is 0 Å². The van der Waals surface area contributed by atoms with E-state index in [2.05, 4.69) is 76.2 Å². The molecule has 0 aromatic heterocycles. The zero-order valence-electron chi connectivity index (χ0n) is 12.6. The molecule has 0 aliphatic heterocycles. The van der Waals surface area contributed by atoms with Crippen molar-refractivity contribution in [1.82, 2.24) is 0 Å². The monoisotopic (exact) mass is 304 g/mol. The first kappa shape index (κ1) is 15.5. The predicted molar refractivity (Wildman–Crippen MR) is 93.1 cm³/mol. The van der Waals surface area contributed by atoms with Crippen LogP contribution in [0.4, 0.5) is 0 Å². The summed E-state index contributed by atoms with van der Waals surface area (Å²) in [4.78, 5) is 0. The van der Waals surface area contributed by atoms with Crippen LogP contribution in [-0.4, -0.2) is 0 Å². The summed E-state index contributed by atoms with van der Waals surface area (Å²) in [5, 5.41) is 2.60. The van der Waals surface area contributed by atoms with Gasteiger partial charge in [0.15, 0.2) is 0 Å². The largest absolute Gasteiger partial charge is 0.0858 e. The third kappa shape index (κ3) is 3.25. The van der Waals surface area contributed by atoms with Crippen LogP contribution in [0.1, 0.15) is 50.7 Å². The van der Waals surface area contributed by atoms with Gasteiger partial charge in [-0.25, -0.2) is 0 Å². The van der Waals surface area contributed by atoms with Crippen molar-refractivity contribution in [3.63, 3.8) is 0 Å². The molecule has 0 aliphatic rings. The molecule has 0 aliphatic carbocycles. The molecule has 2 aromatic carbocycles. The van der Waals surface area contributed by atoms with E-state index in [1.165, 1.54) is 21.7 Å². The zero-order valence-corrected chi connectivity index (χ0v) is 14.2. The molecule has 0 radical (unpaired) electrons. The molecule has 0 fully saturated rings. The molecule has 2 rings (SSSR count). The third-order valence-corrected chi connectivity index (χ3v) is 6.29. The van der Waals surface area contributed by atoms with Crippen LogP contribution in [-0.2, 0) is 0 Å². The van der Waals surface area contributed by atoms with Gasteiger partial charge in [0, 0.05) is 0 Å². The first-order valence-electron chi connectivity index (χ1n) is 7.16. The molecule has 0 nitrogen and oxygen atoms in total. The molecule has 0 atom stereocenters. The quantitative estimate of drug-likeness (QED) is 0.652. The average molecular weight is 305 g/mol. The lowest BCUT2D eigenvalue weighted by molar-refractivity contribution is 0.872. The van der Waals surface area contributed by atoms with Crippen LogP contribution in [0.2, 0.25) is 0 Å². The van der Waals surface area contributed by atoms with Crippen molar-refractivity contribution >= 4 is 29.1 Å². The number of benzene rings is 2. The highest BCUT2D eigenvalue weighted by molar-refractivity contribution is 7.95. The number of rotatable bonds is 4. The van der Waals surface area contributed by atoms with E-state index in [1.54, 1.807) is 0 Å². The Morgan fingerprint density at radius 3 is 1.40 bits per heavy atom. The maximum Gasteiger partial charge on any atom is 0.0530 e. The fourth-order valence-corrected chi connectivity index (χ4v) is 5.17. The molecule has 20 heavy (non-hydrogen) atoms. The molecule has 2 aromatic rings. The van der Waals surface area contributed by atoms with E-state index in [0.717, 1.165) is 0 Å². The highest BCUT2D eigenvalue weighted by Crippen LogP contribution is 2.43. The summed E-state index contributed by atoms with van der Waals surface area (Å²) >= 11 is 6.89. The second-order valence-electron chi connectivity index (χ2n) is 5.71. The van der Waals surface area contributed by atoms with Crippen molar-refractivity contribution < 1.29 is 0 Å². The summed E-state index contributed by atoms with van der Waals surface area (Å²) in [6.45, 7) is 8.92. The van der Waals surface area contributed by atoms with Crippen molar-refractivity contribution in [2.24, 2.45) is 0 Å². The normalized spacial score (nSPS) is 11.6. The molecule has 0 unspecified atom stereocenters. The van der Waals surface area contributed by atoms with Gasteiger partial charge in [0.2, 0.25) is 0 Å². The molecule has 0 amide bonds. The first-order chi connectivity index (χ1) is 9.52. The summed E-state index contributed by atoms with van der Waals surface area (Å²) in [5.41, 5.74) is 2.74. The summed E-state index contributed by atoms with van der Waals surface area (Å²) in [6, 6.07) is 17.2. The van der Waals surface area contributed by atoms with Crippen LogP contribution in [0.25, 0.3) is 0 Å². The summed E-state index contributed by atoms with van der Waals surface area (Å²) < 4.78 is 0. The maximum absolute atomic E-state index is 6.89. The van der Waals surface area contributed by atoms with E-state index in [4.69, 9.17) is 11.2 Å². The minimum absolute atomic E-state index is 0.501. The molecular weight excluding hydrogens is 283 g/mol. The molecule has 0 saturated heterocycles. The highest BCUT2D eigenvalue weighted by atomic mass is 35.7. The van der Waals surface area contributed by atoms with E-state index in [9.17, 15) is 0 Å². The van der Waals surface area contributed by atoms with E-state index in [1.807, 2.05) is 0 Å². The molecule has 0 saturated carbocycles. The van der Waals surface area contributed by atoms with E-state index in [0.29, 0.717) is 11.8 Å². The maximum atomic E-state index is 6.89. The third-order valence-electron chi connectivity index (χ3n) is 3.54. The Morgan fingerprint density at radius 1 is 0.700 bits per heavy atom. The lowest BCUT2D eigenvalue weighted by Gasteiger charge is -2.21. The average Bonchev–Trinajstić information content (AvgIpc) is 2.46. The van der Waals surface area contributed by atoms with Gasteiger partial charge < -0.3 is 0 Å². The Morgan fingerprint density at radius 2 is 1.05 bits per heavy atom. The van der Waals surface area contributed by atoms with Crippen LogP contribution >= 0.6 is 18.5 Å². The highest BCUT2D eigenvalue weighted by Gasteiger charge is 2.19. The number of hydrogen-bond acceptors (Lipinski definition) is 0. The van der Waals surface area contributed by atoms with Gasteiger partial charge in [-0.3, -0.25) is 0 Å². The van der Waals surface area contributed by atoms with Crippen LogP contribution in [0.15, 0.2) is 48.5 Å². The van der Waals surface area contributed by atoms with Crippen molar-refractivity contribution in [1.29, 1.82) is 0 Å². The predicted octanol–water partition coefficient (Wildman–Crippen LogP) is 5.52. The second-order valence-corrected chi connectivity index (χ2v) is 8.25. The van der Waals surface area contributed by atoms with Crippen molar-refractivity contribution in [3.8, 4) is 0 Å². The molecule has 0 heterocycles. The van der Waals surface area contributed by atoms with Crippen molar-refractivity contribution in [3.05, 3.63) is 59.7 Å². The van der Waals surface area contributed by atoms with E-state index in [-0.39, 0.29) is 0 Å². The van der Waals surface area contributed by atoms with Gasteiger partial charge in [-0.2, -0.15) is 0 Å². The molecular formula is C18H22ClP. The van der Waals surface area contributed by atoms with Gasteiger partial charge in [-0.15, -0.1) is 0 Å². The summed E-state index contributed by atoms with van der Waals surface area (Å²) in [6.07, 6.45) is 0. The Balaban J connectivity index is 2.50. The van der Waals surface area contributed by atoms with Gasteiger partial charge in [0.25, 0.3) is 0 Å². The summed E-state index contributed by atoms with van der Waals surface area (Å²) in [7, 11) is -0.805. The van der Waals surface area contributed by atoms with Crippen molar-refractivity contribution in [2.45, 2.75) is 39.5 Å². The fraction of sp³-hybridized carbons (Fsp3) is 0.333. The molecule has 2 heteroatoms. The van der Waals surface area contributed by atoms with Crippen LogP contribution < -0.4 is 10.6 Å². The van der Waals surface area contributed by atoms with Gasteiger partial charge in [-0.1, -0.05) is 87.5 Å². The molecule has 0 bridgehead atoms. The lowest BCUT2D eigenvalue weighted by atomic mass is 10.0. The molecule has 106 valence electrons. The van der Waals surface area contributed by atoms with Crippen LogP contribution in [0.3, 0.4) is 0 Å². The first-order valence-corrected chi connectivity index (χ1v) is 9.40. The second kappa shape index (κ2) is 6.74. The lowest BCUT2D eigenvalue weighted by Crippen LogP contribution is -2.17. The van der Waals surface area contributed by atoms with Crippen molar-refractivity contribution in [2.75, 3.05) is 0 Å². The fourth-order valence-electron chi connectivity index (χ4n) is 2.44. The van der Waals surface area contributed by atoms with Gasteiger partial charge in [0.1, 0.15) is 0 Å². The Hall–Kier alpha value is -0.840. The topological polar surface area (TPSA) is 0 Å². The van der Waals surface area contributed by atoms with Gasteiger partial charge in [-0.05, 0) is 33.6 Å². The molecule has 0 spiro atoms. The molecule has 0 N–H and O–H groups in total.